The summed E-state index contributed by atoms with van der Waals surface area (Å²) in [5.41, 5.74) is 0.869. The monoisotopic (exact) mass is 156 g/mol. The Morgan fingerprint density at radius 1 is 1.70 bits per heavy atom. The molecule has 10 heavy (non-hydrogen) atoms. The third-order valence-corrected chi connectivity index (χ3v) is 1.92. The minimum atomic E-state index is -0.0203. The first-order valence-corrected chi connectivity index (χ1v) is 3.76. The second kappa shape index (κ2) is 2.79. The molecule has 0 saturated heterocycles. The van der Waals surface area contributed by atoms with Crippen molar-refractivity contribution in [1.29, 1.82) is 0 Å². The molecule has 0 aliphatic rings. The molecule has 0 amide bonds. The van der Waals surface area contributed by atoms with Crippen LogP contribution in [0.3, 0.4) is 0 Å². The molecule has 0 atom stereocenters. The smallest absolute Gasteiger partial charge is 0.274 e. The summed E-state index contributed by atoms with van der Waals surface area (Å²) < 4.78 is -0.0203. The van der Waals surface area contributed by atoms with Gasteiger partial charge in [-0.2, -0.15) is 0 Å². The first-order valence-electron chi connectivity index (χ1n) is 2.88. The Morgan fingerprint density at radius 2 is 2.40 bits per heavy atom. The van der Waals surface area contributed by atoms with E-state index in [4.69, 9.17) is 0 Å². The van der Waals surface area contributed by atoms with E-state index in [0.29, 0.717) is 5.82 Å². The van der Waals surface area contributed by atoms with Crippen LogP contribution in [-0.4, -0.2) is 12.0 Å². The van der Waals surface area contributed by atoms with Gasteiger partial charge in [0.1, 0.15) is 0 Å². The molecular formula is C6H8N2OS. The average Bonchev–Trinajstić information content (AvgIpc) is 1.94. The average molecular weight is 156 g/mol. The van der Waals surface area contributed by atoms with Crippen LogP contribution in [0.15, 0.2) is 10.2 Å². The van der Waals surface area contributed by atoms with Crippen LogP contribution in [-0.2, 0) is 0 Å². The predicted molar refractivity (Wildman–Crippen MR) is 42.7 cm³/mol. The van der Waals surface area contributed by atoms with E-state index in [2.05, 4.69) is 10.3 Å². The fraction of sp³-hybridized carbons (Fsp3) is 0.333. The minimum absolute atomic E-state index is 0.0203. The number of aryl methyl sites for hydroxylation is 1. The highest BCUT2D eigenvalue weighted by Gasteiger charge is 1.96. The maximum absolute atomic E-state index is 10.9. The summed E-state index contributed by atoms with van der Waals surface area (Å²) >= 11 is 1.16. The van der Waals surface area contributed by atoms with Crippen LogP contribution in [0, 0.1) is 6.92 Å². The van der Waals surface area contributed by atoms with Crippen LogP contribution in [0.2, 0.25) is 0 Å². The Hall–Kier alpha value is -0.900. The first-order chi connectivity index (χ1) is 4.74. The number of hydrogen-bond acceptors (Lipinski definition) is 4. The van der Waals surface area contributed by atoms with Crippen LogP contribution in [0.5, 0.6) is 0 Å². The Morgan fingerprint density at radius 3 is 2.90 bits per heavy atom. The van der Waals surface area contributed by atoms with Crippen molar-refractivity contribution < 1.29 is 0 Å². The zero-order valence-corrected chi connectivity index (χ0v) is 6.66. The molecule has 0 bridgehead atoms. The molecule has 1 rings (SSSR count). The molecule has 3 nitrogen and oxygen atoms in total. The Bertz CT molecular complexity index is 281. The van der Waals surface area contributed by atoms with Crippen LogP contribution in [0.4, 0.5) is 5.82 Å². The third kappa shape index (κ3) is 1.33. The number of rotatable bonds is 1. The molecular weight excluding hydrogens is 148 g/mol. The van der Waals surface area contributed by atoms with Gasteiger partial charge in [-0.05, 0) is 6.92 Å². The molecule has 0 fully saturated rings. The van der Waals surface area contributed by atoms with Crippen LogP contribution >= 0.6 is 11.3 Å². The predicted octanol–water partition coefficient (Wildman–Crippen LogP) is 0.853. The second-order valence-electron chi connectivity index (χ2n) is 1.87. The Balaban J connectivity index is 3.22. The van der Waals surface area contributed by atoms with Crippen molar-refractivity contribution in [2.75, 3.05) is 12.4 Å². The molecule has 0 aliphatic carbocycles. The van der Waals surface area contributed by atoms with Crippen molar-refractivity contribution >= 4 is 17.2 Å². The summed E-state index contributed by atoms with van der Waals surface area (Å²) in [6, 6.07) is 0. The number of hydrogen-bond donors (Lipinski definition) is 1. The second-order valence-corrected chi connectivity index (χ2v) is 2.72. The molecule has 0 spiro atoms. The summed E-state index contributed by atoms with van der Waals surface area (Å²) in [7, 11) is 1.69. The van der Waals surface area contributed by atoms with Gasteiger partial charge in [0, 0.05) is 18.1 Å². The fourth-order valence-corrected chi connectivity index (χ4v) is 1.19. The van der Waals surface area contributed by atoms with E-state index in [-0.39, 0.29) is 4.74 Å². The molecule has 1 heterocycles. The van der Waals surface area contributed by atoms with Crippen molar-refractivity contribution in [3.8, 4) is 0 Å². The topological polar surface area (TPSA) is 42.0 Å². The van der Waals surface area contributed by atoms with Gasteiger partial charge in [0.05, 0.1) is 0 Å². The van der Waals surface area contributed by atoms with Crippen molar-refractivity contribution in [2.24, 2.45) is 0 Å². The van der Waals surface area contributed by atoms with Crippen molar-refractivity contribution in [3.63, 3.8) is 0 Å². The molecule has 0 aromatic carbocycles. The zero-order chi connectivity index (χ0) is 7.56. The lowest BCUT2D eigenvalue weighted by Crippen LogP contribution is -2.06. The van der Waals surface area contributed by atoms with E-state index >= 15 is 0 Å². The summed E-state index contributed by atoms with van der Waals surface area (Å²) in [6.45, 7) is 1.86. The molecule has 0 unspecified atom stereocenters. The summed E-state index contributed by atoms with van der Waals surface area (Å²) in [4.78, 5) is 14.9. The van der Waals surface area contributed by atoms with Gasteiger partial charge in [-0.25, -0.2) is 4.98 Å². The Kier molecular flexibility index (Phi) is 2.01. The minimum Gasteiger partial charge on any atom is -0.369 e. The van der Waals surface area contributed by atoms with Gasteiger partial charge in [0.15, 0.2) is 5.82 Å². The fourth-order valence-electron chi connectivity index (χ4n) is 0.601. The molecule has 0 radical (unpaired) electrons. The normalized spacial score (nSPS) is 9.40. The van der Waals surface area contributed by atoms with Gasteiger partial charge < -0.3 is 5.32 Å². The molecule has 4 heteroatoms. The molecule has 0 aliphatic heterocycles. The maximum Gasteiger partial charge on any atom is 0.274 e. The summed E-state index contributed by atoms with van der Waals surface area (Å²) in [6.07, 6.45) is 0. The van der Waals surface area contributed by atoms with Gasteiger partial charge in [-0.1, -0.05) is 11.3 Å². The quantitative estimate of drug-likeness (QED) is 0.655. The lowest BCUT2D eigenvalue weighted by molar-refractivity contribution is 1.20. The van der Waals surface area contributed by atoms with Gasteiger partial charge in [-0.3, -0.25) is 4.79 Å². The molecule has 54 valence electrons. The van der Waals surface area contributed by atoms with Gasteiger partial charge in [-0.15, -0.1) is 0 Å². The molecule has 1 aromatic rings. The molecule has 1 N–H and O–H groups in total. The Labute approximate surface area is 62.7 Å². The van der Waals surface area contributed by atoms with Crippen molar-refractivity contribution in [3.05, 3.63) is 20.6 Å². The van der Waals surface area contributed by atoms with Crippen LogP contribution in [0.25, 0.3) is 0 Å². The van der Waals surface area contributed by atoms with Gasteiger partial charge in [0.2, 0.25) is 0 Å². The van der Waals surface area contributed by atoms with E-state index in [1.165, 1.54) is 0 Å². The highest BCUT2D eigenvalue weighted by molar-refractivity contribution is 7.07. The van der Waals surface area contributed by atoms with Crippen molar-refractivity contribution in [2.45, 2.75) is 6.92 Å². The lowest BCUT2D eigenvalue weighted by Gasteiger charge is -1.95. The number of nitrogens with zero attached hydrogens (tertiary/aromatic N) is 1. The van der Waals surface area contributed by atoms with E-state index in [1.807, 2.05) is 6.92 Å². The van der Waals surface area contributed by atoms with Crippen LogP contribution in [0.1, 0.15) is 5.69 Å². The summed E-state index contributed by atoms with van der Waals surface area (Å²) in [5, 5.41) is 4.46. The van der Waals surface area contributed by atoms with E-state index < -0.39 is 0 Å². The van der Waals surface area contributed by atoms with Gasteiger partial charge >= 0.3 is 0 Å². The largest absolute Gasteiger partial charge is 0.369 e. The summed E-state index contributed by atoms with van der Waals surface area (Å²) in [5.74, 6) is 0.435. The van der Waals surface area contributed by atoms with E-state index in [9.17, 15) is 4.79 Å². The van der Waals surface area contributed by atoms with E-state index in [0.717, 1.165) is 17.0 Å². The highest BCUT2D eigenvalue weighted by Crippen LogP contribution is 1.98. The van der Waals surface area contributed by atoms with E-state index in [1.54, 1.807) is 12.4 Å². The lowest BCUT2D eigenvalue weighted by atomic mass is 10.6. The third-order valence-electron chi connectivity index (χ3n) is 1.05. The standard InChI is InChI=1S/C6H8N2OS/c1-4-3-10-6(9)5(7-2)8-4/h3H,1-2H3,(H,7,8). The van der Waals surface area contributed by atoms with Crippen LogP contribution < -0.4 is 10.1 Å². The SMILES string of the molecule is CNc1nc(C)csc1=O. The number of aromatic nitrogens is 1. The molecule has 0 saturated carbocycles. The zero-order valence-electron chi connectivity index (χ0n) is 5.84. The van der Waals surface area contributed by atoms with Crippen molar-refractivity contribution in [1.82, 2.24) is 4.98 Å². The highest BCUT2D eigenvalue weighted by atomic mass is 32.1. The first kappa shape index (κ1) is 7.21. The maximum atomic E-state index is 10.9. The molecule has 1 aromatic heterocycles. The van der Waals surface area contributed by atoms with Gasteiger partial charge in [0.25, 0.3) is 4.74 Å². The number of anilines is 1. The number of nitrogens with one attached hydrogen (secondary N) is 1.